The Bertz CT molecular complexity index is 518. The largest absolute Gasteiger partial charge is 0.399 e. The van der Waals surface area contributed by atoms with Crippen LogP contribution in [0.2, 0.25) is 0 Å². The first-order chi connectivity index (χ1) is 8.51. The van der Waals surface area contributed by atoms with Crippen molar-refractivity contribution in [3.63, 3.8) is 0 Å². The van der Waals surface area contributed by atoms with Crippen LogP contribution in [0.1, 0.15) is 31.2 Å². The Balaban J connectivity index is 2.34. The molecule has 18 heavy (non-hydrogen) atoms. The lowest BCUT2D eigenvalue weighted by molar-refractivity contribution is 0.423. The molecule has 0 aromatic heterocycles. The molecular weight excluding hydrogens is 248 g/mol. The minimum Gasteiger partial charge on any atom is -0.399 e. The summed E-state index contributed by atoms with van der Waals surface area (Å²) in [5.74, 6) is 0. The Kier molecular flexibility index (Phi) is 3.92. The highest BCUT2D eigenvalue weighted by Gasteiger charge is 2.26. The van der Waals surface area contributed by atoms with E-state index in [2.05, 4.69) is 0 Å². The van der Waals surface area contributed by atoms with Gasteiger partial charge in [-0.15, -0.1) is 0 Å². The van der Waals surface area contributed by atoms with Gasteiger partial charge in [0.05, 0.1) is 4.90 Å². The normalized spacial score (nSPS) is 18.5. The summed E-state index contributed by atoms with van der Waals surface area (Å²) in [5, 5.41) is 0. The molecule has 0 unspecified atom stereocenters. The number of nitrogens with two attached hydrogens (primary N) is 1. The molecule has 2 rings (SSSR count). The molecule has 1 aromatic carbocycles. The molecule has 1 saturated heterocycles. The van der Waals surface area contributed by atoms with Crippen molar-refractivity contribution in [1.29, 1.82) is 0 Å². The molecule has 0 saturated carbocycles. The number of hydrogen-bond donors (Lipinski definition) is 1. The van der Waals surface area contributed by atoms with Crippen molar-refractivity contribution < 1.29 is 8.42 Å². The smallest absolute Gasteiger partial charge is 0.243 e. The van der Waals surface area contributed by atoms with Crippen LogP contribution >= 0.6 is 0 Å². The highest BCUT2D eigenvalue weighted by atomic mass is 32.2. The minimum absolute atomic E-state index is 0.388. The number of nitrogens with zero attached hydrogens (tertiary/aromatic N) is 1. The van der Waals surface area contributed by atoms with E-state index in [-0.39, 0.29) is 0 Å². The van der Waals surface area contributed by atoms with Crippen LogP contribution in [-0.2, 0) is 10.0 Å². The zero-order valence-electron chi connectivity index (χ0n) is 10.7. The third-order valence-corrected chi connectivity index (χ3v) is 5.44. The second-order valence-corrected chi connectivity index (χ2v) is 6.75. The Labute approximate surface area is 109 Å². The molecule has 4 nitrogen and oxygen atoms in total. The molecule has 1 aliphatic rings. The Morgan fingerprint density at radius 1 is 1.11 bits per heavy atom. The van der Waals surface area contributed by atoms with Crippen LogP contribution in [0.15, 0.2) is 23.1 Å². The predicted octanol–water partition coefficient (Wildman–Crippen LogP) is 2.14. The highest BCUT2D eigenvalue weighted by Crippen LogP contribution is 2.24. The third-order valence-electron chi connectivity index (χ3n) is 3.38. The summed E-state index contributed by atoms with van der Waals surface area (Å²) in [4.78, 5) is 0.388. The maximum Gasteiger partial charge on any atom is 0.243 e. The molecule has 1 aliphatic heterocycles. The Morgan fingerprint density at radius 3 is 2.28 bits per heavy atom. The van der Waals surface area contributed by atoms with Gasteiger partial charge in [0.2, 0.25) is 10.0 Å². The van der Waals surface area contributed by atoms with Crippen LogP contribution in [0.3, 0.4) is 0 Å². The number of hydrogen-bond acceptors (Lipinski definition) is 3. The summed E-state index contributed by atoms with van der Waals surface area (Å²) in [7, 11) is -3.36. The second kappa shape index (κ2) is 5.28. The van der Waals surface area contributed by atoms with Gasteiger partial charge in [-0.1, -0.05) is 12.8 Å². The Hall–Kier alpha value is -1.07. The van der Waals surface area contributed by atoms with Gasteiger partial charge < -0.3 is 5.73 Å². The highest BCUT2D eigenvalue weighted by molar-refractivity contribution is 7.89. The molecule has 2 N–H and O–H groups in total. The summed E-state index contributed by atoms with van der Waals surface area (Å²) in [6.07, 6.45) is 4.14. The number of nitrogen functional groups attached to an aromatic ring is 1. The van der Waals surface area contributed by atoms with E-state index in [1.54, 1.807) is 29.4 Å². The van der Waals surface area contributed by atoms with Gasteiger partial charge in [-0.05, 0) is 43.5 Å². The van der Waals surface area contributed by atoms with Crippen molar-refractivity contribution in [3.05, 3.63) is 23.8 Å². The molecule has 0 spiro atoms. The molecule has 1 aromatic rings. The molecule has 0 radical (unpaired) electrons. The number of sulfonamides is 1. The molecule has 1 fully saturated rings. The fourth-order valence-corrected chi connectivity index (χ4v) is 4.11. The van der Waals surface area contributed by atoms with Crippen molar-refractivity contribution in [3.8, 4) is 0 Å². The second-order valence-electron chi connectivity index (χ2n) is 4.84. The fraction of sp³-hybridized carbons (Fsp3) is 0.538. The summed E-state index contributed by atoms with van der Waals surface area (Å²) >= 11 is 0. The van der Waals surface area contributed by atoms with Crippen LogP contribution in [0, 0.1) is 6.92 Å². The summed E-state index contributed by atoms with van der Waals surface area (Å²) in [6.45, 7) is 3.05. The van der Waals surface area contributed by atoms with E-state index in [1.165, 1.54) is 0 Å². The van der Waals surface area contributed by atoms with E-state index in [1.807, 2.05) is 0 Å². The van der Waals surface area contributed by atoms with Gasteiger partial charge in [-0.25, -0.2) is 8.42 Å². The number of rotatable bonds is 2. The van der Waals surface area contributed by atoms with Crippen molar-refractivity contribution in [1.82, 2.24) is 4.31 Å². The number of aryl methyl sites for hydroxylation is 1. The van der Waals surface area contributed by atoms with Gasteiger partial charge in [0.25, 0.3) is 0 Å². The van der Waals surface area contributed by atoms with Crippen LogP contribution in [-0.4, -0.2) is 25.8 Å². The van der Waals surface area contributed by atoms with E-state index in [9.17, 15) is 8.42 Å². The molecular formula is C13H20N2O2S. The molecule has 0 aliphatic carbocycles. The maximum absolute atomic E-state index is 12.6. The zero-order chi connectivity index (χ0) is 13.2. The average Bonchev–Trinajstić information content (AvgIpc) is 2.57. The first kappa shape index (κ1) is 13.4. The third kappa shape index (κ3) is 2.67. The van der Waals surface area contributed by atoms with Crippen molar-refractivity contribution in [2.24, 2.45) is 0 Å². The lowest BCUT2D eigenvalue weighted by atomic mass is 10.2. The average molecular weight is 268 g/mol. The van der Waals surface area contributed by atoms with Gasteiger partial charge in [0.1, 0.15) is 0 Å². The predicted molar refractivity (Wildman–Crippen MR) is 72.8 cm³/mol. The van der Waals surface area contributed by atoms with E-state index in [4.69, 9.17) is 5.73 Å². The van der Waals surface area contributed by atoms with Crippen LogP contribution in [0.25, 0.3) is 0 Å². The summed E-state index contributed by atoms with van der Waals surface area (Å²) in [5.41, 5.74) is 6.99. The standard InChI is InChI=1S/C13H20N2O2S/c1-11-10-12(14)6-7-13(11)18(16,17)15-8-4-2-3-5-9-15/h6-7,10H,2-5,8-9,14H2,1H3. The molecule has 5 heteroatoms. The summed E-state index contributed by atoms with van der Waals surface area (Å²) < 4.78 is 26.7. The van der Waals surface area contributed by atoms with Crippen LogP contribution in [0.5, 0.6) is 0 Å². The van der Waals surface area contributed by atoms with Crippen molar-refractivity contribution >= 4 is 15.7 Å². The van der Waals surface area contributed by atoms with Gasteiger partial charge >= 0.3 is 0 Å². The Morgan fingerprint density at radius 2 is 1.72 bits per heavy atom. The van der Waals surface area contributed by atoms with E-state index in [0.717, 1.165) is 31.2 Å². The van der Waals surface area contributed by atoms with E-state index < -0.39 is 10.0 Å². The van der Waals surface area contributed by atoms with Gasteiger partial charge in [-0.3, -0.25) is 0 Å². The summed E-state index contributed by atoms with van der Waals surface area (Å²) in [6, 6.07) is 4.98. The number of anilines is 1. The molecule has 0 bridgehead atoms. The zero-order valence-corrected chi connectivity index (χ0v) is 11.5. The van der Waals surface area contributed by atoms with Gasteiger partial charge in [-0.2, -0.15) is 4.31 Å². The SMILES string of the molecule is Cc1cc(N)ccc1S(=O)(=O)N1CCCCCC1. The first-order valence-corrected chi connectivity index (χ1v) is 7.82. The monoisotopic (exact) mass is 268 g/mol. The molecule has 0 atom stereocenters. The minimum atomic E-state index is -3.36. The molecule has 0 amide bonds. The van der Waals surface area contributed by atoms with Crippen LogP contribution in [0.4, 0.5) is 5.69 Å². The van der Waals surface area contributed by atoms with E-state index >= 15 is 0 Å². The fourth-order valence-electron chi connectivity index (χ4n) is 2.38. The number of benzene rings is 1. The van der Waals surface area contributed by atoms with Crippen molar-refractivity contribution in [2.75, 3.05) is 18.8 Å². The topological polar surface area (TPSA) is 63.4 Å². The first-order valence-electron chi connectivity index (χ1n) is 6.38. The molecule has 1 heterocycles. The van der Waals surface area contributed by atoms with E-state index in [0.29, 0.717) is 23.7 Å². The lowest BCUT2D eigenvalue weighted by Crippen LogP contribution is -2.32. The quantitative estimate of drug-likeness (QED) is 0.836. The van der Waals surface area contributed by atoms with Gasteiger partial charge in [0, 0.05) is 18.8 Å². The van der Waals surface area contributed by atoms with Gasteiger partial charge in [0.15, 0.2) is 0 Å². The maximum atomic E-state index is 12.6. The van der Waals surface area contributed by atoms with Crippen molar-refractivity contribution in [2.45, 2.75) is 37.5 Å². The lowest BCUT2D eigenvalue weighted by Gasteiger charge is -2.21. The van der Waals surface area contributed by atoms with Crippen LogP contribution < -0.4 is 5.73 Å². The molecule has 100 valence electrons.